The van der Waals surface area contributed by atoms with Crippen LogP contribution in [0.4, 0.5) is 8.78 Å². The number of hydrogen-bond acceptors (Lipinski definition) is 1. The van der Waals surface area contributed by atoms with Crippen LogP contribution < -0.4 is 0 Å². The maximum Gasteiger partial charge on any atom is 0.133 e. The van der Waals surface area contributed by atoms with Crippen LogP contribution in [0.25, 0.3) is 28.2 Å². The van der Waals surface area contributed by atoms with Crippen molar-refractivity contribution in [3.63, 3.8) is 0 Å². The number of nitrogens with one attached hydrogen (secondary N) is 1. The van der Waals surface area contributed by atoms with Gasteiger partial charge in [-0.2, -0.15) is 0 Å². The highest BCUT2D eigenvalue weighted by Gasteiger charge is 2.13. The van der Waals surface area contributed by atoms with Crippen LogP contribution in [0.1, 0.15) is 37.9 Å². The Balaban J connectivity index is 1.64. The highest BCUT2D eigenvalue weighted by molar-refractivity contribution is 5.83. The molecule has 0 atom stereocenters. The van der Waals surface area contributed by atoms with Crippen molar-refractivity contribution < 1.29 is 8.78 Å². The number of halogens is 2. The maximum absolute atomic E-state index is 14.0. The lowest BCUT2D eigenvalue weighted by Gasteiger charge is -2.17. The van der Waals surface area contributed by atoms with Crippen molar-refractivity contribution in [2.45, 2.75) is 32.1 Å². The van der Waals surface area contributed by atoms with E-state index in [2.05, 4.69) is 16.0 Å². The average Bonchev–Trinajstić information content (AvgIpc) is 3.03. The Morgan fingerprint density at radius 3 is 2.52 bits per heavy atom. The Hall–Kier alpha value is -2.49. The summed E-state index contributed by atoms with van der Waals surface area (Å²) < 4.78 is 28.0. The van der Waals surface area contributed by atoms with Gasteiger partial charge in [-0.1, -0.05) is 37.5 Å². The van der Waals surface area contributed by atoms with Crippen LogP contribution >= 0.6 is 0 Å². The Bertz CT molecular complexity index is 901. The lowest BCUT2D eigenvalue weighted by Crippen LogP contribution is -2.02. The zero-order chi connectivity index (χ0) is 17.2. The van der Waals surface area contributed by atoms with Crippen molar-refractivity contribution >= 4 is 17.1 Å². The predicted molar refractivity (Wildman–Crippen MR) is 97.1 cm³/mol. The van der Waals surface area contributed by atoms with Gasteiger partial charge in [-0.25, -0.2) is 13.8 Å². The van der Waals surface area contributed by atoms with Crippen molar-refractivity contribution in [3.05, 3.63) is 59.9 Å². The van der Waals surface area contributed by atoms with E-state index in [-0.39, 0.29) is 5.56 Å². The molecular weight excluding hydrogens is 318 g/mol. The summed E-state index contributed by atoms with van der Waals surface area (Å²) >= 11 is 0. The molecule has 128 valence electrons. The largest absolute Gasteiger partial charge is 0.338 e. The molecule has 1 heterocycles. The van der Waals surface area contributed by atoms with Crippen molar-refractivity contribution in [3.8, 4) is 11.1 Å². The first-order chi connectivity index (χ1) is 12.2. The first-order valence-corrected chi connectivity index (χ1v) is 8.83. The minimum Gasteiger partial charge on any atom is -0.338 e. The van der Waals surface area contributed by atoms with Crippen LogP contribution in [-0.2, 0) is 0 Å². The van der Waals surface area contributed by atoms with Crippen LogP contribution in [0, 0.1) is 17.6 Å². The van der Waals surface area contributed by atoms with Gasteiger partial charge in [0.1, 0.15) is 17.5 Å². The molecule has 25 heavy (non-hydrogen) atoms. The van der Waals surface area contributed by atoms with E-state index in [0.717, 1.165) is 16.9 Å². The zero-order valence-electron chi connectivity index (χ0n) is 13.9. The lowest BCUT2D eigenvalue weighted by atomic mass is 9.89. The topological polar surface area (TPSA) is 28.7 Å². The van der Waals surface area contributed by atoms with Gasteiger partial charge in [-0.05, 0) is 54.7 Å². The summed E-state index contributed by atoms with van der Waals surface area (Å²) in [5.41, 5.74) is 2.08. The third kappa shape index (κ3) is 3.34. The Morgan fingerprint density at radius 2 is 1.76 bits per heavy atom. The van der Waals surface area contributed by atoms with Crippen LogP contribution in [0.5, 0.6) is 0 Å². The molecule has 2 aromatic carbocycles. The molecule has 0 radical (unpaired) electrons. The fourth-order valence-electron chi connectivity index (χ4n) is 3.59. The summed E-state index contributed by atoms with van der Waals surface area (Å²) in [5, 5.41) is 0. The number of fused-ring (bicyclic) bond motifs is 1. The number of allylic oxidation sites excluding steroid dienone is 1. The first-order valence-electron chi connectivity index (χ1n) is 8.83. The van der Waals surface area contributed by atoms with Crippen LogP contribution in [-0.4, -0.2) is 9.97 Å². The standard InChI is InChI=1S/C21H20F2N2/c22-16-7-4-8-17(23)21(16)15-10-11-18-19(13-15)25-20(24-18)12-9-14-5-2-1-3-6-14/h4,7-14H,1-3,5-6H2,(H,24,25). The highest BCUT2D eigenvalue weighted by Crippen LogP contribution is 2.29. The number of rotatable bonds is 3. The zero-order valence-corrected chi connectivity index (χ0v) is 13.9. The summed E-state index contributed by atoms with van der Waals surface area (Å²) in [6.45, 7) is 0. The van der Waals surface area contributed by atoms with Gasteiger partial charge in [0.2, 0.25) is 0 Å². The number of hydrogen-bond donors (Lipinski definition) is 1. The van der Waals surface area contributed by atoms with Crippen molar-refractivity contribution in [2.75, 3.05) is 0 Å². The smallest absolute Gasteiger partial charge is 0.133 e. The van der Waals surface area contributed by atoms with E-state index in [1.54, 1.807) is 18.2 Å². The molecule has 2 nitrogen and oxygen atoms in total. The molecule has 0 saturated heterocycles. The molecule has 0 amide bonds. The second-order valence-electron chi connectivity index (χ2n) is 6.71. The number of aromatic nitrogens is 2. The fraction of sp³-hybridized carbons (Fsp3) is 0.286. The number of imidazole rings is 1. The molecule has 4 rings (SSSR count). The first kappa shape index (κ1) is 16.0. The molecule has 1 aliphatic rings. The van der Waals surface area contributed by atoms with E-state index < -0.39 is 11.6 Å². The Morgan fingerprint density at radius 1 is 1.00 bits per heavy atom. The highest BCUT2D eigenvalue weighted by atomic mass is 19.1. The van der Waals surface area contributed by atoms with Gasteiger partial charge in [0.05, 0.1) is 16.6 Å². The van der Waals surface area contributed by atoms with Gasteiger partial charge in [0, 0.05) is 0 Å². The van der Waals surface area contributed by atoms with E-state index >= 15 is 0 Å². The number of H-pyrrole nitrogens is 1. The van der Waals surface area contributed by atoms with Crippen molar-refractivity contribution in [1.29, 1.82) is 0 Å². The molecule has 0 spiro atoms. The summed E-state index contributed by atoms with van der Waals surface area (Å²) in [5.74, 6) is 0.296. The van der Waals surface area contributed by atoms with Gasteiger partial charge in [-0.15, -0.1) is 0 Å². The summed E-state index contributed by atoms with van der Waals surface area (Å²) in [7, 11) is 0. The molecule has 0 bridgehead atoms. The second-order valence-corrected chi connectivity index (χ2v) is 6.71. The van der Waals surface area contributed by atoms with E-state index in [9.17, 15) is 8.78 Å². The maximum atomic E-state index is 14.0. The molecule has 1 saturated carbocycles. The normalized spacial score (nSPS) is 16.1. The monoisotopic (exact) mass is 338 g/mol. The van der Waals surface area contributed by atoms with Gasteiger partial charge < -0.3 is 4.98 Å². The number of benzene rings is 2. The molecule has 0 aliphatic heterocycles. The number of nitrogens with zero attached hydrogens (tertiary/aromatic N) is 1. The summed E-state index contributed by atoms with van der Waals surface area (Å²) in [6.07, 6.45) is 10.7. The van der Waals surface area contributed by atoms with E-state index in [1.807, 2.05) is 6.08 Å². The summed E-state index contributed by atoms with van der Waals surface area (Å²) in [6, 6.07) is 9.17. The molecule has 1 N–H and O–H groups in total. The van der Waals surface area contributed by atoms with E-state index in [4.69, 9.17) is 0 Å². The third-order valence-corrected chi connectivity index (χ3v) is 4.93. The quantitative estimate of drug-likeness (QED) is 0.614. The van der Waals surface area contributed by atoms with Gasteiger partial charge >= 0.3 is 0 Å². The number of aromatic amines is 1. The Labute approximate surface area is 145 Å². The third-order valence-electron chi connectivity index (χ3n) is 4.93. The minimum atomic E-state index is -0.559. The van der Waals surface area contributed by atoms with E-state index in [0.29, 0.717) is 11.5 Å². The molecule has 0 unspecified atom stereocenters. The SMILES string of the molecule is Fc1cccc(F)c1-c1ccc2nc(C=CC3CCCCC3)[nH]c2c1. The van der Waals surface area contributed by atoms with Crippen molar-refractivity contribution in [2.24, 2.45) is 5.92 Å². The second kappa shape index (κ2) is 6.79. The molecule has 1 fully saturated rings. The average molecular weight is 338 g/mol. The van der Waals surface area contributed by atoms with Gasteiger partial charge in [0.15, 0.2) is 0 Å². The predicted octanol–water partition coefficient (Wildman–Crippen LogP) is 6.10. The lowest BCUT2D eigenvalue weighted by molar-refractivity contribution is 0.420. The molecule has 1 aliphatic carbocycles. The van der Waals surface area contributed by atoms with Crippen LogP contribution in [0.3, 0.4) is 0 Å². The van der Waals surface area contributed by atoms with Crippen LogP contribution in [0.2, 0.25) is 0 Å². The van der Waals surface area contributed by atoms with Gasteiger partial charge in [-0.3, -0.25) is 0 Å². The van der Waals surface area contributed by atoms with E-state index in [1.165, 1.54) is 50.3 Å². The summed E-state index contributed by atoms with van der Waals surface area (Å²) in [4.78, 5) is 7.79. The molecule has 1 aromatic heterocycles. The van der Waals surface area contributed by atoms with Gasteiger partial charge in [0.25, 0.3) is 0 Å². The molecule has 4 heteroatoms. The van der Waals surface area contributed by atoms with Crippen molar-refractivity contribution in [1.82, 2.24) is 9.97 Å². The fourth-order valence-corrected chi connectivity index (χ4v) is 3.59. The Kier molecular flexibility index (Phi) is 4.35. The molecule has 3 aromatic rings. The molecular formula is C21H20F2N2. The van der Waals surface area contributed by atoms with Crippen LogP contribution in [0.15, 0.2) is 42.5 Å². The minimum absolute atomic E-state index is 0.00158.